The quantitative estimate of drug-likeness (QED) is 0.0587. The van der Waals surface area contributed by atoms with Crippen LogP contribution in [0.5, 0.6) is 63.2 Å². The molecule has 0 atom stereocenters. The van der Waals surface area contributed by atoms with E-state index in [1.54, 1.807) is 90.3 Å². The molecule has 0 unspecified atom stereocenters. The van der Waals surface area contributed by atoms with E-state index in [-0.39, 0.29) is 43.5 Å². The molecule has 0 aliphatic carbocycles. The fourth-order valence-electron chi connectivity index (χ4n) is 14.2. The van der Waals surface area contributed by atoms with Crippen molar-refractivity contribution in [3.05, 3.63) is 154 Å². The third-order valence-electron chi connectivity index (χ3n) is 18.8. The normalized spacial score (nSPS) is 12.0. The van der Waals surface area contributed by atoms with E-state index in [1.807, 2.05) is 126 Å². The van der Waals surface area contributed by atoms with Gasteiger partial charge < -0.3 is 80.4 Å². The lowest BCUT2D eigenvalue weighted by Gasteiger charge is -2.23. The molecule has 13 rings (SSSR count). The van der Waals surface area contributed by atoms with E-state index in [0.29, 0.717) is 86.2 Å². The molecule has 3 aliphatic heterocycles. The Balaban J connectivity index is 0.000000151. The zero-order valence-corrected chi connectivity index (χ0v) is 59.4. The number of hydrogen-bond donors (Lipinski definition) is 1. The second kappa shape index (κ2) is 29.9. The third-order valence-corrected chi connectivity index (χ3v) is 18.8. The summed E-state index contributed by atoms with van der Waals surface area (Å²) in [4.78, 5) is 44.5. The molecular weight excluding hydrogens is 1280 g/mol. The molecular formula is C79H84N4O17. The highest BCUT2D eigenvalue weighted by Crippen LogP contribution is 2.51. The number of pyridine rings is 1. The molecule has 0 spiro atoms. The number of aromatic hydroxyl groups is 1. The maximum absolute atomic E-state index is 13.5. The first-order chi connectivity index (χ1) is 48.5. The van der Waals surface area contributed by atoms with Gasteiger partial charge in [0.05, 0.1) is 125 Å². The van der Waals surface area contributed by atoms with Gasteiger partial charge in [0, 0.05) is 93.3 Å². The average Bonchev–Trinajstić information content (AvgIpc) is 1.58. The van der Waals surface area contributed by atoms with Crippen LogP contribution in [0, 0.1) is 20.8 Å². The predicted octanol–water partition coefficient (Wildman–Crippen LogP) is 14.9. The Labute approximate surface area is 581 Å². The zero-order valence-electron chi connectivity index (χ0n) is 59.4. The molecule has 0 radical (unpaired) electrons. The Bertz CT molecular complexity index is 4800. The number of phenols is 1. The first-order valence-corrected chi connectivity index (χ1v) is 32.9. The third kappa shape index (κ3) is 12.4. The number of carbonyl (C=O) groups excluding carboxylic acids is 3. The molecule has 0 saturated carbocycles. The highest BCUT2D eigenvalue weighted by Gasteiger charge is 2.37. The van der Waals surface area contributed by atoms with E-state index in [1.165, 1.54) is 0 Å². The second-order valence-corrected chi connectivity index (χ2v) is 23.7. The van der Waals surface area contributed by atoms with Crippen molar-refractivity contribution in [1.82, 2.24) is 18.7 Å². The van der Waals surface area contributed by atoms with E-state index in [0.717, 1.165) is 139 Å². The van der Waals surface area contributed by atoms with Gasteiger partial charge in [-0.1, -0.05) is 12.1 Å². The predicted molar refractivity (Wildman–Crippen MR) is 382 cm³/mol. The molecule has 1 N–H and O–H groups in total. The summed E-state index contributed by atoms with van der Waals surface area (Å²) >= 11 is 0. The van der Waals surface area contributed by atoms with Crippen molar-refractivity contribution >= 4 is 28.8 Å². The van der Waals surface area contributed by atoms with E-state index < -0.39 is 0 Å². The molecule has 10 aromatic rings. The number of aromatic nitrogens is 4. The molecule has 6 aromatic carbocycles. The fraction of sp³-hybridized carbons (Fsp3) is 0.316. The number of nitrogens with zero attached hydrogens (tertiary/aromatic N) is 4. The van der Waals surface area contributed by atoms with E-state index >= 15 is 0 Å². The maximum atomic E-state index is 13.5. The molecule has 4 aromatic heterocycles. The van der Waals surface area contributed by atoms with Crippen LogP contribution in [0.3, 0.4) is 0 Å². The summed E-state index contributed by atoms with van der Waals surface area (Å²) in [7, 11) is 16.1. The number of benzene rings is 6. The second-order valence-electron chi connectivity index (χ2n) is 23.7. The van der Waals surface area contributed by atoms with Crippen molar-refractivity contribution in [1.29, 1.82) is 0 Å². The number of fused-ring (bicyclic) bond motifs is 10. The number of methoxy groups -OCH3 is 10. The van der Waals surface area contributed by atoms with Crippen LogP contribution >= 0.6 is 0 Å². The Hall–Kier alpha value is -11.2. The van der Waals surface area contributed by atoms with Gasteiger partial charge in [0.15, 0.2) is 46.0 Å². The van der Waals surface area contributed by atoms with E-state index in [2.05, 4.69) is 18.7 Å². The SMILES string of the molecule is CCOC(=O)c1c(-c2ccc(O)c3ncccc23)c(C)n2c1-c1cc(OC)c(OC)cc1CC2.CCOC(=O)c1c(-c2ccc(OC)c(OC)c2)c(C)n2c1-c1cc(OC)c(OC)cc1CC2.CCOC(=O)c1c(-c2ccc(OC)cc2OC)c(C)n2c1-c1cc(OC)c(OC)cc1CC2. The standard InChI is InChI=1S/C27H26N2O5.2C26H29NO6/c1-5-34-27(31)24-23(17-8-9-20(30)25-18(17)7-6-11-28-25)15(2)29-12-10-16-13-21(32-3)22(33-4)14-19(16)26(24)29;1-7-33-26(28)24-23(17-8-9-19(29-3)20(13-17)30-4)15(2)27-11-10-16-12-21(31-5)22(32-6)14-18(16)25(24)27;1-7-33-26(28)24-23(18-9-8-17(29-3)13-20(18)30-4)15(2)27-11-10-16-12-21(31-5)22(32-6)14-19(16)25(24)27/h6-9,11,13-14,30H,5,10,12H2,1-4H3;2*8-9,12-14H,7,10-11H2,1-6H3. The van der Waals surface area contributed by atoms with Crippen LogP contribution in [0.1, 0.15) is 85.6 Å². The van der Waals surface area contributed by atoms with Crippen LogP contribution in [-0.2, 0) is 53.1 Å². The summed E-state index contributed by atoms with van der Waals surface area (Å²) in [5.74, 6) is 5.34. The highest BCUT2D eigenvalue weighted by molar-refractivity contribution is 6.11. The summed E-state index contributed by atoms with van der Waals surface area (Å²) < 4.78 is 78.3. The summed E-state index contributed by atoms with van der Waals surface area (Å²) in [6.45, 7) is 14.5. The minimum absolute atomic E-state index is 0.0980. The highest BCUT2D eigenvalue weighted by atomic mass is 16.5. The van der Waals surface area contributed by atoms with Crippen molar-refractivity contribution in [3.8, 4) is 130 Å². The Morgan fingerprint density at radius 2 is 0.780 bits per heavy atom. The number of aryl methyl sites for hydroxylation is 3. The first-order valence-electron chi connectivity index (χ1n) is 32.9. The van der Waals surface area contributed by atoms with Crippen LogP contribution in [0.15, 0.2) is 103 Å². The average molecular weight is 1360 g/mol. The van der Waals surface area contributed by atoms with Crippen LogP contribution in [0.2, 0.25) is 0 Å². The van der Waals surface area contributed by atoms with Gasteiger partial charge in [-0.3, -0.25) is 4.98 Å². The van der Waals surface area contributed by atoms with Gasteiger partial charge in [0.2, 0.25) is 0 Å². The minimum atomic E-state index is -0.387. The lowest BCUT2D eigenvalue weighted by molar-refractivity contribution is 0.0518. The van der Waals surface area contributed by atoms with Crippen LogP contribution in [-0.4, -0.2) is 133 Å². The van der Waals surface area contributed by atoms with Gasteiger partial charge in [-0.2, -0.15) is 0 Å². The number of esters is 3. The van der Waals surface area contributed by atoms with Crippen molar-refractivity contribution in [2.45, 2.75) is 80.4 Å². The van der Waals surface area contributed by atoms with Crippen LogP contribution < -0.4 is 47.4 Å². The van der Waals surface area contributed by atoms with Crippen molar-refractivity contribution < 1.29 is 81.1 Å². The lowest BCUT2D eigenvalue weighted by atomic mass is 9.92. The van der Waals surface area contributed by atoms with E-state index in [9.17, 15) is 19.5 Å². The number of phenolic OH excluding ortho intramolecular Hbond substituents is 1. The lowest BCUT2D eigenvalue weighted by Crippen LogP contribution is -2.15. The Morgan fingerprint density at radius 1 is 0.400 bits per heavy atom. The van der Waals surface area contributed by atoms with Crippen LogP contribution in [0.4, 0.5) is 0 Å². The number of hydrogen-bond acceptors (Lipinski definition) is 18. The van der Waals surface area contributed by atoms with Gasteiger partial charge in [0.25, 0.3) is 0 Å². The Morgan fingerprint density at radius 3 is 1.19 bits per heavy atom. The number of carbonyl (C=O) groups is 3. The largest absolute Gasteiger partial charge is 0.506 e. The van der Waals surface area contributed by atoms with E-state index in [4.69, 9.17) is 61.6 Å². The fourth-order valence-corrected chi connectivity index (χ4v) is 14.2. The van der Waals surface area contributed by atoms with Gasteiger partial charge in [-0.15, -0.1) is 0 Å². The van der Waals surface area contributed by atoms with Gasteiger partial charge in [-0.05, 0) is 167 Å². The number of rotatable bonds is 19. The molecule has 0 amide bonds. The molecule has 100 heavy (non-hydrogen) atoms. The van der Waals surface area contributed by atoms with Crippen LogP contribution in [0.25, 0.3) is 78.1 Å². The molecule has 21 nitrogen and oxygen atoms in total. The topological polar surface area (TPSA) is 219 Å². The minimum Gasteiger partial charge on any atom is -0.506 e. The molecule has 3 aliphatic rings. The van der Waals surface area contributed by atoms with Gasteiger partial charge in [-0.25, -0.2) is 14.4 Å². The van der Waals surface area contributed by atoms with Crippen molar-refractivity contribution in [3.63, 3.8) is 0 Å². The molecule has 21 heteroatoms. The van der Waals surface area contributed by atoms with Gasteiger partial charge >= 0.3 is 17.9 Å². The maximum Gasteiger partial charge on any atom is 0.340 e. The first kappa shape index (κ1) is 70.1. The molecule has 522 valence electrons. The Kier molecular flexibility index (Phi) is 20.9. The zero-order chi connectivity index (χ0) is 71.4. The summed E-state index contributed by atoms with van der Waals surface area (Å²) in [6.07, 6.45) is 4.05. The summed E-state index contributed by atoms with van der Waals surface area (Å²) in [6, 6.07) is 30.3. The summed E-state index contributed by atoms with van der Waals surface area (Å²) in [5.41, 5.74) is 18.4. The van der Waals surface area contributed by atoms with Crippen molar-refractivity contribution in [2.24, 2.45) is 0 Å². The molecule has 7 heterocycles. The van der Waals surface area contributed by atoms with Gasteiger partial charge in [0.1, 0.15) is 22.8 Å². The molecule has 0 bridgehead atoms. The number of ether oxygens (including phenoxy) is 13. The van der Waals surface area contributed by atoms with Crippen molar-refractivity contribution in [2.75, 3.05) is 90.9 Å². The molecule has 0 saturated heterocycles. The molecule has 0 fully saturated rings. The smallest absolute Gasteiger partial charge is 0.340 e. The summed E-state index contributed by atoms with van der Waals surface area (Å²) in [5, 5.41) is 11.2. The monoisotopic (exact) mass is 1360 g/mol.